The summed E-state index contributed by atoms with van der Waals surface area (Å²) in [5.41, 5.74) is 8.17. The molecule has 1 amide bonds. The molecular weight excluding hydrogens is 168 g/mol. The second-order valence-corrected chi connectivity index (χ2v) is 3.27. The lowest BCUT2D eigenvalue weighted by molar-refractivity contribution is -0.133. The van der Waals surface area contributed by atoms with Crippen molar-refractivity contribution in [2.75, 3.05) is 13.1 Å². The molecule has 0 aromatic heterocycles. The molecule has 13 heavy (non-hydrogen) atoms. The number of hydrogen-bond donors (Lipinski definition) is 0. The zero-order valence-corrected chi connectivity index (χ0v) is 7.81. The van der Waals surface area contributed by atoms with Crippen molar-refractivity contribution in [1.29, 1.82) is 0 Å². The van der Waals surface area contributed by atoms with Gasteiger partial charge in [-0.3, -0.25) is 4.79 Å². The first kappa shape index (κ1) is 9.86. The van der Waals surface area contributed by atoms with Crippen molar-refractivity contribution in [3.8, 4) is 0 Å². The van der Waals surface area contributed by atoms with Gasteiger partial charge in [-0.1, -0.05) is 5.11 Å². The van der Waals surface area contributed by atoms with Crippen molar-refractivity contribution >= 4 is 5.91 Å². The van der Waals surface area contributed by atoms with Gasteiger partial charge in [0.1, 0.15) is 6.04 Å². The van der Waals surface area contributed by atoms with Crippen LogP contribution in [0.5, 0.6) is 0 Å². The summed E-state index contributed by atoms with van der Waals surface area (Å²) in [5.74, 6) is -0.0440. The van der Waals surface area contributed by atoms with E-state index in [4.69, 9.17) is 5.53 Å². The molecule has 0 aliphatic carbocycles. The molecule has 1 aliphatic rings. The quantitative estimate of drug-likeness (QED) is 0.364. The molecule has 0 aromatic carbocycles. The van der Waals surface area contributed by atoms with Crippen LogP contribution in [0.25, 0.3) is 10.4 Å². The number of nitrogens with zero attached hydrogens (tertiary/aromatic N) is 4. The van der Waals surface area contributed by atoms with Gasteiger partial charge in [0.05, 0.1) is 0 Å². The van der Waals surface area contributed by atoms with Crippen molar-refractivity contribution in [3.05, 3.63) is 10.4 Å². The Labute approximate surface area is 77.3 Å². The van der Waals surface area contributed by atoms with Crippen LogP contribution in [0.15, 0.2) is 5.11 Å². The van der Waals surface area contributed by atoms with Crippen LogP contribution in [0.2, 0.25) is 0 Å². The number of carbonyl (C=O) groups excluding carboxylic acids is 1. The molecular formula is C8H14N4O. The predicted octanol–water partition coefficient (Wildman–Crippen LogP) is 1.70. The molecule has 72 valence electrons. The molecule has 0 aromatic rings. The second-order valence-electron chi connectivity index (χ2n) is 3.27. The average molecular weight is 182 g/mol. The van der Waals surface area contributed by atoms with Crippen molar-refractivity contribution in [2.24, 2.45) is 5.11 Å². The zero-order chi connectivity index (χ0) is 9.68. The first-order chi connectivity index (χ1) is 6.25. The fraction of sp³-hybridized carbons (Fsp3) is 0.875. The van der Waals surface area contributed by atoms with E-state index in [1.165, 1.54) is 6.42 Å². The van der Waals surface area contributed by atoms with Gasteiger partial charge in [0, 0.05) is 18.0 Å². The average Bonchev–Trinajstić information content (AvgIpc) is 2.18. The molecule has 0 radical (unpaired) electrons. The summed E-state index contributed by atoms with van der Waals surface area (Å²) in [5, 5.41) is 3.39. The maximum absolute atomic E-state index is 11.5. The van der Waals surface area contributed by atoms with Crippen LogP contribution in [0.3, 0.4) is 0 Å². The maximum atomic E-state index is 11.5. The molecule has 1 rings (SSSR count). The van der Waals surface area contributed by atoms with Crippen LogP contribution >= 0.6 is 0 Å². The fourth-order valence-electron chi connectivity index (χ4n) is 1.51. The molecule has 5 heteroatoms. The molecule has 0 spiro atoms. The van der Waals surface area contributed by atoms with E-state index < -0.39 is 6.04 Å². The summed E-state index contributed by atoms with van der Waals surface area (Å²) in [6.45, 7) is 3.25. The van der Waals surface area contributed by atoms with Gasteiger partial charge in [-0.25, -0.2) is 0 Å². The highest BCUT2D eigenvalue weighted by atomic mass is 16.2. The normalized spacial score (nSPS) is 19.0. The SMILES string of the molecule is CC(N=[N+]=[N-])C(=O)N1CCCCC1. The third-order valence-electron chi connectivity index (χ3n) is 2.25. The van der Waals surface area contributed by atoms with Gasteiger partial charge in [-0.05, 0) is 31.7 Å². The Hall–Kier alpha value is -1.22. The smallest absolute Gasteiger partial charge is 0.231 e. The van der Waals surface area contributed by atoms with Crippen molar-refractivity contribution in [3.63, 3.8) is 0 Å². The van der Waals surface area contributed by atoms with Crippen LogP contribution in [0.1, 0.15) is 26.2 Å². The van der Waals surface area contributed by atoms with E-state index in [2.05, 4.69) is 10.0 Å². The lowest BCUT2D eigenvalue weighted by Crippen LogP contribution is -2.40. The van der Waals surface area contributed by atoms with E-state index in [9.17, 15) is 4.79 Å². The predicted molar refractivity (Wildman–Crippen MR) is 49.0 cm³/mol. The van der Waals surface area contributed by atoms with Crippen LogP contribution in [0, 0.1) is 0 Å². The molecule has 0 N–H and O–H groups in total. The summed E-state index contributed by atoms with van der Waals surface area (Å²) in [6.07, 6.45) is 3.32. The molecule has 1 fully saturated rings. The van der Waals surface area contributed by atoms with Crippen LogP contribution in [-0.4, -0.2) is 29.9 Å². The molecule has 0 saturated carbocycles. The number of piperidine rings is 1. The Morgan fingerprint density at radius 2 is 2.08 bits per heavy atom. The maximum Gasteiger partial charge on any atom is 0.231 e. The number of amides is 1. The third kappa shape index (κ3) is 2.63. The Bertz CT molecular complexity index is 228. The standard InChI is InChI=1S/C8H14N4O/c1-7(10-11-9)8(13)12-5-3-2-4-6-12/h7H,2-6H2,1H3. The summed E-state index contributed by atoms with van der Waals surface area (Å²) >= 11 is 0. The minimum absolute atomic E-state index is 0.0440. The van der Waals surface area contributed by atoms with Gasteiger partial charge >= 0.3 is 0 Å². The number of hydrogen-bond acceptors (Lipinski definition) is 2. The van der Waals surface area contributed by atoms with Gasteiger partial charge in [-0.2, -0.15) is 0 Å². The fourth-order valence-corrected chi connectivity index (χ4v) is 1.51. The van der Waals surface area contributed by atoms with Crippen LogP contribution in [0.4, 0.5) is 0 Å². The van der Waals surface area contributed by atoms with E-state index in [1.807, 2.05) is 0 Å². The monoisotopic (exact) mass is 182 g/mol. The molecule has 1 heterocycles. The summed E-state index contributed by atoms with van der Waals surface area (Å²) in [6, 6.07) is -0.553. The third-order valence-corrected chi connectivity index (χ3v) is 2.25. The second kappa shape index (κ2) is 4.72. The minimum Gasteiger partial charge on any atom is -0.342 e. The van der Waals surface area contributed by atoms with E-state index in [0.717, 1.165) is 25.9 Å². The molecule has 1 atom stereocenters. The van der Waals surface area contributed by atoms with Crippen molar-refractivity contribution in [2.45, 2.75) is 32.2 Å². The van der Waals surface area contributed by atoms with Gasteiger partial charge in [0.25, 0.3) is 0 Å². The number of carbonyl (C=O) groups is 1. The lowest BCUT2D eigenvalue weighted by Gasteiger charge is -2.27. The first-order valence-corrected chi connectivity index (χ1v) is 4.58. The largest absolute Gasteiger partial charge is 0.342 e. The first-order valence-electron chi connectivity index (χ1n) is 4.58. The van der Waals surface area contributed by atoms with Crippen molar-refractivity contribution in [1.82, 2.24) is 4.90 Å². The topological polar surface area (TPSA) is 69.1 Å². The Morgan fingerprint density at radius 3 is 2.62 bits per heavy atom. The van der Waals surface area contributed by atoms with Gasteiger partial charge in [-0.15, -0.1) is 0 Å². The number of azide groups is 1. The van der Waals surface area contributed by atoms with E-state index in [-0.39, 0.29) is 5.91 Å². The van der Waals surface area contributed by atoms with Gasteiger partial charge in [0.2, 0.25) is 5.91 Å². The highest BCUT2D eigenvalue weighted by Crippen LogP contribution is 2.10. The molecule has 1 unspecified atom stereocenters. The summed E-state index contributed by atoms with van der Waals surface area (Å²) < 4.78 is 0. The highest BCUT2D eigenvalue weighted by molar-refractivity contribution is 5.81. The Balaban J connectivity index is 2.49. The molecule has 1 saturated heterocycles. The Morgan fingerprint density at radius 1 is 1.46 bits per heavy atom. The van der Waals surface area contributed by atoms with Crippen LogP contribution in [-0.2, 0) is 4.79 Å². The minimum atomic E-state index is -0.553. The number of rotatable bonds is 2. The number of likely N-dealkylation sites (tertiary alicyclic amines) is 1. The summed E-state index contributed by atoms with van der Waals surface area (Å²) in [7, 11) is 0. The molecule has 5 nitrogen and oxygen atoms in total. The lowest BCUT2D eigenvalue weighted by atomic mass is 10.1. The van der Waals surface area contributed by atoms with E-state index in [0.29, 0.717) is 0 Å². The summed E-state index contributed by atoms with van der Waals surface area (Å²) in [4.78, 5) is 16.0. The van der Waals surface area contributed by atoms with Gasteiger partial charge in [0.15, 0.2) is 0 Å². The highest BCUT2D eigenvalue weighted by Gasteiger charge is 2.20. The molecule has 1 aliphatic heterocycles. The van der Waals surface area contributed by atoms with E-state index in [1.54, 1.807) is 11.8 Å². The molecule has 0 bridgehead atoms. The van der Waals surface area contributed by atoms with Crippen LogP contribution < -0.4 is 0 Å². The van der Waals surface area contributed by atoms with E-state index >= 15 is 0 Å². The van der Waals surface area contributed by atoms with Gasteiger partial charge < -0.3 is 4.90 Å². The van der Waals surface area contributed by atoms with Crippen molar-refractivity contribution < 1.29 is 4.79 Å². The zero-order valence-electron chi connectivity index (χ0n) is 7.81. The Kier molecular flexibility index (Phi) is 3.58.